The zero-order valence-corrected chi connectivity index (χ0v) is 11.7. The molecule has 0 bridgehead atoms. The molecule has 0 fully saturated rings. The molecule has 2 aromatic carbocycles. The van der Waals surface area contributed by atoms with Crippen LogP contribution in [-0.2, 0) is 0 Å². The highest BCUT2D eigenvalue weighted by molar-refractivity contribution is 5.77. The Morgan fingerprint density at radius 2 is 1.55 bits per heavy atom. The number of aromatic nitrogens is 4. The highest BCUT2D eigenvalue weighted by Gasteiger charge is 1.89. The van der Waals surface area contributed by atoms with Gasteiger partial charge in [-0.05, 0) is 18.2 Å². The van der Waals surface area contributed by atoms with E-state index in [0.29, 0.717) is 0 Å². The van der Waals surface area contributed by atoms with Crippen LogP contribution in [0, 0.1) is 0 Å². The Kier molecular flexibility index (Phi) is 4.89. The van der Waals surface area contributed by atoms with E-state index in [2.05, 4.69) is 20.2 Å². The number of hydrogen-bond acceptors (Lipinski definition) is 2. The van der Waals surface area contributed by atoms with Crippen LogP contribution in [0.3, 0.4) is 0 Å². The van der Waals surface area contributed by atoms with Crippen LogP contribution in [0.25, 0.3) is 21.9 Å². The lowest BCUT2D eigenvalue weighted by Crippen LogP contribution is -1.63. The van der Waals surface area contributed by atoms with Crippen LogP contribution in [0.5, 0.6) is 0 Å². The van der Waals surface area contributed by atoms with Gasteiger partial charge in [0.05, 0.1) is 29.1 Å². The molecule has 102 valence electrons. The normalized spacial score (nSPS) is 9.50. The van der Waals surface area contributed by atoms with Crippen molar-refractivity contribution >= 4 is 21.9 Å². The summed E-state index contributed by atoms with van der Waals surface area (Å²) in [5.41, 5.74) is 3.22. The summed E-state index contributed by atoms with van der Waals surface area (Å²) in [6.45, 7) is 4.00. The van der Waals surface area contributed by atoms with Gasteiger partial charge in [-0.15, -0.1) is 0 Å². The number of para-hydroxylation sites is 3. The van der Waals surface area contributed by atoms with Gasteiger partial charge in [-0.2, -0.15) is 5.10 Å². The number of benzene rings is 2. The highest BCUT2D eigenvalue weighted by atomic mass is 15.1. The van der Waals surface area contributed by atoms with Gasteiger partial charge in [0.15, 0.2) is 0 Å². The Morgan fingerprint density at radius 3 is 2.30 bits per heavy atom. The van der Waals surface area contributed by atoms with Crippen molar-refractivity contribution in [1.82, 2.24) is 20.2 Å². The molecule has 20 heavy (non-hydrogen) atoms. The Bertz CT molecular complexity index is 628. The van der Waals surface area contributed by atoms with Gasteiger partial charge in [-0.25, -0.2) is 4.98 Å². The summed E-state index contributed by atoms with van der Waals surface area (Å²) in [4.78, 5) is 7.07. The van der Waals surface area contributed by atoms with E-state index in [1.807, 2.05) is 68.6 Å². The van der Waals surface area contributed by atoms with Gasteiger partial charge in [0, 0.05) is 5.39 Å². The number of nitrogens with zero attached hydrogens (tertiary/aromatic N) is 2. The van der Waals surface area contributed by atoms with Crippen molar-refractivity contribution in [2.45, 2.75) is 13.8 Å². The van der Waals surface area contributed by atoms with Crippen LogP contribution in [-0.4, -0.2) is 20.2 Å². The summed E-state index contributed by atoms with van der Waals surface area (Å²) >= 11 is 0. The molecule has 0 spiro atoms. The molecule has 4 aromatic rings. The molecule has 0 unspecified atom stereocenters. The minimum Gasteiger partial charge on any atom is -0.345 e. The number of hydrogen-bond donors (Lipinski definition) is 2. The van der Waals surface area contributed by atoms with Crippen molar-refractivity contribution in [3.05, 3.63) is 61.1 Å². The van der Waals surface area contributed by atoms with Crippen molar-refractivity contribution < 1.29 is 0 Å². The lowest BCUT2D eigenvalue weighted by atomic mass is 10.3. The molecule has 0 radical (unpaired) electrons. The molecule has 0 amide bonds. The maximum absolute atomic E-state index is 4.06. The molecule has 0 saturated heterocycles. The summed E-state index contributed by atoms with van der Waals surface area (Å²) in [5, 5.41) is 7.91. The Balaban J connectivity index is 0.000000131. The number of imidazole rings is 1. The first kappa shape index (κ1) is 13.8. The van der Waals surface area contributed by atoms with E-state index in [4.69, 9.17) is 0 Å². The van der Waals surface area contributed by atoms with E-state index >= 15 is 0 Å². The van der Waals surface area contributed by atoms with E-state index in [1.165, 1.54) is 0 Å². The van der Waals surface area contributed by atoms with E-state index < -0.39 is 0 Å². The highest BCUT2D eigenvalue weighted by Crippen LogP contribution is 2.07. The number of rotatable bonds is 0. The number of aromatic amines is 2. The molecular weight excluding hydrogens is 248 g/mol. The molecule has 0 aliphatic heterocycles. The van der Waals surface area contributed by atoms with Crippen LogP contribution in [0.1, 0.15) is 13.8 Å². The summed E-state index contributed by atoms with van der Waals surface area (Å²) in [7, 11) is 0. The summed E-state index contributed by atoms with van der Waals surface area (Å²) in [6, 6.07) is 16.0. The second-order valence-corrected chi connectivity index (χ2v) is 3.88. The van der Waals surface area contributed by atoms with Crippen molar-refractivity contribution in [2.75, 3.05) is 0 Å². The van der Waals surface area contributed by atoms with E-state index in [0.717, 1.165) is 21.9 Å². The van der Waals surface area contributed by atoms with Crippen molar-refractivity contribution in [3.63, 3.8) is 0 Å². The molecule has 4 heteroatoms. The van der Waals surface area contributed by atoms with Gasteiger partial charge in [-0.1, -0.05) is 44.2 Å². The molecule has 0 saturated carbocycles. The fourth-order valence-electron chi connectivity index (χ4n) is 1.76. The molecule has 0 aliphatic rings. The average molecular weight is 266 g/mol. The summed E-state index contributed by atoms with van der Waals surface area (Å²) in [5.74, 6) is 0. The first-order valence-corrected chi connectivity index (χ1v) is 6.70. The average Bonchev–Trinajstić information content (AvgIpc) is 3.18. The second-order valence-electron chi connectivity index (χ2n) is 3.88. The van der Waals surface area contributed by atoms with Crippen LogP contribution in [0.4, 0.5) is 0 Å². The number of H-pyrrole nitrogens is 2. The minimum atomic E-state index is 1.03. The van der Waals surface area contributed by atoms with E-state index in [1.54, 1.807) is 6.33 Å². The monoisotopic (exact) mass is 266 g/mol. The van der Waals surface area contributed by atoms with Gasteiger partial charge < -0.3 is 4.98 Å². The standard InChI is InChI=1S/2C7H6N2.C2H6/c1-2-4-7-6(3-1)8-5-9-7;1-2-4-7-6(3-1)5-8-9-7;1-2/h2*1-5H,(H,8,9);1-2H3. The first-order valence-electron chi connectivity index (χ1n) is 6.70. The third-order valence-corrected chi connectivity index (χ3v) is 2.68. The topological polar surface area (TPSA) is 57.4 Å². The third kappa shape index (κ3) is 3.23. The maximum Gasteiger partial charge on any atom is 0.0931 e. The third-order valence-electron chi connectivity index (χ3n) is 2.68. The Labute approximate surface area is 117 Å². The lowest BCUT2D eigenvalue weighted by molar-refractivity contribution is 1.12. The van der Waals surface area contributed by atoms with Gasteiger partial charge in [0.1, 0.15) is 0 Å². The van der Waals surface area contributed by atoms with Crippen molar-refractivity contribution in [1.29, 1.82) is 0 Å². The fraction of sp³-hybridized carbons (Fsp3) is 0.125. The largest absolute Gasteiger partial charge is 0.345 e. The van der Waals surface area contributed by atoms with Gasteiger partial charge in [-0.3, -0.25) is 5.10 Å². The molecule has 0 aliphatic carbocycles. The Morgan fingerprint density at radius 1 is 0.850 bits per heavy atom. The van der Waals surface area contributed by atoms with Gasteiger partial charge >= 0.3 is 0 Å². The molecular formula is C16H18N4. The zero-order valence-electron chi connectivity index (χ0n) is 11.7. The fourth-order valence-corrected chi connectivity index (χ4v) is 1.76. The predicted molar refractivity (Wildman–Crippen MR) is 83.5 cm³/mol. The second kappa shape index (κ2) is 7.09. The van der Waals surface area contributed by atoms with E-state index in [9.17, 15) is 0 Å². The van der Waals surface area contributed by atoms with E-state index in [-0.39, 0.29) is 0 Å². The van der Waals surface area contributed by atoms with Crippen LogP contribution in [0.2, 0.25) is 0 Å². The van der Waals surface area contributed by atoms with Crippen LogP contribution >= 0.6 is 0 Å². The molecule has 2 aromatic heterocycles. The minimum absolute atomic E-state index is 1.03. The molecule has 4 rings (SSSR count). The first-order chi connectivity index (χ1) is 9.93. The van der Waals surface area contributed by atoms with Crippen LogP contribution < -0.4 is 0 Å². The summed E-state index contributed by atoms with van der Waals surface area (Å²) < 4.78 is 0. The van der Waals surface area contributed by atoms with Crippen molar-refractivity contribution in [3.8, 4) is 0 Å². The van der Waals surface area contributed by atoms with Gasteiger partial charge in [0.2, 0.25) is 0 Å². The smallest absolute Gasteiger partial charge is 0.0931 e. The molecule has 0 atom stereocenters. The van der Waals surface area contributed by atoms with Gasteiger partial charge in [0.25, 0.3) is 0 Å². The van der Waals surface area contributed by atoms with Crippen molar-refractivity contribution in [2.24, 2.45) is 0 Å². The summed E-state index contributed by atoms with van der Waals surface area (Å²) in [6.07, 6.45) is 3.51. The predicted octanol–water partition coefficient (Wildman–Crippen LogP) is 4.15. The quantitative estimate of drug-likeness (QED) is 0.502. The molecule has 2 heterocycles. The zero-order chi connectivity index (χ0) is 14.2. The van der Waals surface area contributed by atoms with Crippen LogP contribution in [0.15, 0.2) is 61.1 Å². The molecule has 2 N–H and O–H groups in total. The molecule has 4 nitrogen and oxygen atoms in total. The lowest BCUT2D eigenvalue weighted by Gasteiger charge is -1.81. The number of nitrogens with one attached hydrogen (secondary N) is 2. The Hall–Kier alpha value is -2.62. The SMILES string of the molecule is CC.c1ccc2[nH]cnc2c1.c1ccc2[nH]ncc2c1. The maximum atomic E-state index is 4.06. The number of fused-ring (bicyclic) bond motifs is 2.